The first kappa shape index (κ1) is 28.3. The molecule has 0 aliphatic heterocycles. The van der Waals surface area contributed by atoms with Crippen LogP contribution in [0.4, 0.5) is 0 Å². The molecule has 0 spiro atoms. The Hall–Kier alpha value is -6.56. The van der Waals surface area contributed by atoms with Gasteiger partial charge < -0.3 is 4.42 Å². The van der Waals surface area contributed by atoms with E-state index in [1.807, 2.05) is 29.5 Å². The molecular formula is C46H27N3OS. The lowest BCUT2D eigenvalue weighted by molar-refractivity contribution is 0.669. The van der Waals surface area contributed by atoms with E-state index in [1.54, 1.807) is 0 Å². The van der Waals surface area contributed by atoms with Crippen molar-refractivity contribution in [3.05, 3.63) is 164 Å². The zero-order valence-electron chi connectivity index (χ0n) is 27.2. The van der Waals surface area contributed by atoms with Gasteiger partial charge in [0.05, 0.1) is 16.7 Å². The number of benzene rings is 7. The summed E-state index contributed by atoms with van der Waals surface area (Å²) >= 11 is 1.83. The highest BCUT2D eigenvalue weighted by atomic mass is 32.1. The second-order valence-electron chi connectivity index (χ2n) is 13.0. The zero-order chi connectivity index (χ0) is 33.5. The molecule has 4 heterocycles. The van der Waals surface area contributed by atoms with Crippen molar-refractivity contribution in [1.29, 1.82) is 0 Å². The Labute approximate surface area is 296 Å². The Balaban J connectivity index is 1.19. The topological polar surface area (TPSA) is 43.9 Å². The second kappa shape index (κ2) is 11.0. The van der Waals surface area contributed by atoms with Gasteiger partial charge in [0.15, 0.2) is 5.82 Å². The molecule has 51 heavy (non-hydrogen) atoms. The van der Waals surface area contributed by atoms with Crippen molar-refractivity contribution in [1.82, 2.24) is 14.5 Å². The third-order valence-electron chi connectivity index (χ3n) is 10.0. The van der Waals surface area contributed by atoms with Gasteiger partial charge in [0.1, 0.15) is 17.0 Å². The number of para-hydroxylation sites is 1. The molecule has 0 N–H and O–H groups in total. The number of furan rings is 1. The van der Waals surface area contributed by atoms with Gasteiger partial charge in [-0.25, -0.2) is 9.97 Å². The summed E-state index contributed by atoms with van der Waals surface area (Å²) in [6.07, 6.45) is 0. The van der Waals surface area contributed by atoms with Crippen molar-refractivity contribution in [2.75, 3.05) is 0 Å². The minimum absolute atomic E-state index is 0.677. The molecule has 0 bridgehead atoms. The van der Waals surface area contributed by atoms with Crippen molar-refractivity contribution in [3.63, 3.8) is 0 Å². The van der Waals surface area contributed by atoms with Crippen LogP contribution in [0.3, 0.4) is 0 Å². The Bertz CT molecular complexity index is 3140. The van der Waals surface area contributed by atoms with Gasteiger partial charge >= 0.3 is 0 Å². The Kier molecular flexibility index (Phi) is 6.09. The van der Waals surface area contributed by atoms with Crippen LogP contribution in [-0.4, -0.2) is 14.5 Å². The Morgan fingerprint density at radius 1 is 0.431 bits per heavy atom. The van der Waals surface area contributed by atoms with Crippen LogP contribution >= 0.6 is 11.3 Å². The van der Waals surface area contributed by atoms with E-state index in [1.165, 1.54) is 36.5 Å². The van der Waals surface area contributed by atoms with E-state index in [2.05, 4.69) is 150 Å². The van der Waals surface area contributed by atoms with E-state index in [9.17, 15) is 0 Å². The summed E-state index contributed by atoms with van der Waals surface area (Å²) < 4.78 is 11.3. The highest BCUT2D eigenvalue weighted by molar-refractivity contribution is 7.26. The van der Waals surface area contributed by atoms with E-state index < -0.39 is 0 Å². The van der Waals surface area contributed by atoms with Crippen LogP contribution in [0.5, 0.6) is 0 Å². The molecule has 0 fully saturated rings. The Morgan fingerprint density at radius 2 is 1.14 bits per heavy atom. The number of rotatable bonds is 4. The molecule has 0 saturated heterocycles. The summed E-state index contributed by atoms with van der Waals surface area (Å²) in [6.45, 7) is 0. The molecule has 238 valence electrons. The van der Waals surface area contributed by atoms with E-state index in [4.69, 9.17) is 14.4 Å². The fourth-order valence-electron chi connectivity index (χ4n) is 7.68. The molecule has 4 nitrogen and oxygen atoms in total. The fourth-order valence-corrected chi connectivity index (χ4v) is 8.80. The van der Waals surface area contributed by atoms with E-state index >= 15 is 0 Å². The number of nitrogens with zero attached hydrogens (tertiary/aromatic N) is 3. The lowest BCUT2D eigenvalue weighted by Gasteiger charge is -2.12. The summed E-state index contributed by atoms with van der Waals surface area (Å²) in [6, 6.07) is 57.6. The number of hydrogen-bond acceptors (Lipinski definition) is 4. The number of hydrogen-bond donors (Lipinski definition) is 0. The molecule has 4 aromatic heterocycles. The predicted molar refractivity (Wildman–Crippen MR) is 213 cm³/mol. The summed E-state index contributed by atoms with van der Waals surface area (Å²) in [5.74, 6) is 1.50. The van der Waals surface area contributed by atoms with Gasteiger partial charge in [0, 0.05) is 58.9 Å². The van der Waals surface area contributed by atoms with E-state index in [-0.39, 0.29) is 0 Å². The SMILES string of the molecule is c1ccc(-c2ccc3c4ccccc4n(-c4cc(-c5ccc6oc7ccc8sc9ccccc9c8c7c6c5)nc(-c5ccccc5)n4)c3c2)cc1. The zero-order valence-corrected chi connectivity index (χ0v) is 28.1. The monoisotopic (exact) mass is 669 g/mol. The molecule has 0 amide bonds. The first-order valence-electron chi connectivity index (χ1n) is 17.1. The molecule has 5 heteroatoms. The van der Waals surface area contributed by atoms with Gasteiger partial charge in [0.2, 0.25) is 0 Å². The number of fused-ring (bicyclic) bond motifs is 10. The molecule has 11 rings (SSSR count). The average Bonchev–Trinajstić information content (AvgIpc) is 3.87. The standard InChI is InChI=1S/C46H27N3OS/c1-3-11-28(12-4-1)30-19-21-33-32-15-7-9-17-37(32)49(38(33)26-30)43-27-36(47-46(48-43)29-13-5-2-6-14-29)31-20-22-39-35(25-31)44-40(50-39)23-24-42-45(44)34-16-8-10-18-41(34)51-42/h1-27H. The molecular weight excluding hydrogens is 643 g/mol. The summed E-state index contributed by atoms with van der Waals surface area (Å²) in [5.41, 5.74) is 9.13. The van der Waals surface area contributed by atoms with Crippen LogP contribution in [0.25, 0.3) is 104 Å². The minimum atomic E-state index is 0.677. The maximum atomic E-state index is 6.46. The first-order chi connectivity index (χ1) is 25.3. The molecule has 0 saturated carbocycles. The van der Waals surface area contributed by atoms with Gasteiger partial charge in [0.25, 0.3) is 0 Å². The van der Waals surface area contributed by atoms with Crippen LogP contribution in [0.15, 0.2) is 168 Å². The van der Waals surface area contributed by atoms with Gasteiger partial charge in [-0.3, -0.25) is 4.57 Å². The highest BCUT2D eigenvalue weighted by Crippen LogP contribution is 2.43. The smallest absolute Gasteiger partial charge is 0.162 e. The first-order valence-corrected chi connectivity index (χ1v) is 17.9. The predicted octanol–water partition coefficient (Wildman–Crippen LogP) is 12.8. The average molecular weight is 670 g/mol. The van der Waals surface area contributed by atoms with E-state index in [0.29, 0.717) is 5.82 Å². The maximum Gasteiger partial charge on any atom is 0.162 e. The quantitative estimate of drug-likeness (QED) is 0.187. The normalized spacial score (nSPS) is 11.9. The highest BCUT2D eigenvalue weighted by Gasteiger charge is 2.19. The maximum absolute atomic E-state index is 6.46. The molecule has 7 aromatic carbocycles. The van der Waals surface area contributed by atoms with Crippen molar-refractivity contribution in [3.8, 4) is 39.6 Å². The minimum Gasteiger partial charge on any atom is -0.456 e. The number of aromatic nitrogens is 3. The van der Waals surface area contributed by atoms with Crippen LogP contribution < -0.4 is 0 Å². The van der Waals surface area contributed by atoms with Crippen LogP contribution in [0, 0.1) is 0 Å². The van der Waals surface area contributed by atoms with E-state index in [0.717, 1.165) is 61.2 Å². The van der Waals surface area contributed by atoms with Gasteiger partial charge in [-0.05, 0) is 59.7 Å². The number of thiophene rings is 1. The second-order valence-corrected chi connectivity index (χ2v) is 14.1. The lowest BCUT2D eigenvalue weighted by atomic mass is 10.0. The summed E-state index contributed by atoms with van der Waals surface area (Å²) in [7, 11) is 0. The fraction of sp³-hybridized carbons (Fsp3) is 0. The third-order valence-corrected chi connectivity index (χ3v) is 11.2. The summed E-state index contributed by atoms with van der Waals surface area (Å²) in [5, 5.41) is 7.11. The van der Waals surface area contributed by atoms with Crippen molar-refractivity contribution in [2.24, 2.45) is 0 Å². The Morgan fingerprint density at radius 3 is 2.00 bits per heavy atom. The molecule has 0 radical (unpaired) electrons. The molecule has 0 aliphatic carbocycles. The third kappa shape index (κ3) is 4.38. The van der Waals surface area contributed by atoms with Crippen LogP contribution in [0.2, 0.25) is 0 Å². The van der Waals surface area contributed by atoms with Crippen molar-refractivity contribution < 1.29 is 4.42 Å². The summed E-state index contributed by atoms with van der Waals surface area (Å²) in [4.78, 5) is 10.5. The molecule has 0 atom stereocenters. The van der Waals surface area contributed by atoms with Crippen molar-refractivity contribution in [2.45, 2.75) is 0 Å². The lowest BCUT2D eigenvalue weighted by Crippen LogP contribution is -2.02. The van der Waals surface area contributed by atoms with Gasteiger partial charge in [-0.15, -0.1) is 11.3 Å². The van der Waals surface area contributed by atoms with Gasteiger partial charge in [-0.1, -0.05) is 109 Å². The van der Waals surface area contributed by atoms with Crippen LogP contribution in [0.1, 0.15) is 0 Å². The molecule has 11 aromatic rings. The molecule has 0 unspecified atom stereocenters. The van der Waals surface area contributed by atoms with Crippen LogP contribution in [-0.2, 0) is 0 Å². The van der Waals surface area contributed by atoms with Gasteiger partial charge in [-0.2, -0.15) is 0 Å². The largest absolute Gasteiger partial charge is 0.456 e. The van der Waals surface area contributed by atoms with Crippen molar-refractivity contribution >= 4 is 75.3 Å². The molecule has 0 aliphatic rings.